The van der Waals surface area contributed by atoms with Crippen molar-refractivity contribution in [3.63, 3.8) is 0 Å². The fourth-order valence-electron chi connectivity index (χ4n) is 2.13. The van der Waals surface area contributed by atoms with Gasteiger partial charge in [0, 0.05) is 6.54 Å². The van der Waals surface area contributed by atoms with E-state index in [4.69, 9.17) is 4.74 Å². The Morgan fingerprint density at radius 2 is 2.08 bits per heavy atom. The van der Waals surface area contributed by atoms with Gasteiger partial charge in [-0.15, -0.1) is 0 Å². The van der Waals surface area contributed by atoms with E-state index in [1.165, 1.54) is 19.5 Å². The summed E-state index contributed by atoms with van der Waals surface area (Å²) in [6.45, 7) is 9.25. The number of hydrogen-bond donors (Lipinski definition) is 0. The summed E-state index contributed by atoms with van der Waals surface area (Å²) < 4.78 is 5.20. The highest BCUT2D eigenvalue weighted by molar-refractivity contribution is 4.85. The maximum absolute atomic E-state index is 5.20. The maximum Gasteiger partial charge on any atom is 0.0645 e. The van der Waals surface area contributed by atoms with Crippen LogP contribution in [0.5, 0.6) is 0 Å². The molecule has 1 atom stereocenters. The van der Waals surface area contributed by atoms with Gasteiger partial charge in [-0.25, -0.2) is 0 Å². The molecule has 0 radical (unpaired) electrons. The summed E-state index contributed by atoms with van der Waals surface area (Å²) in [5.74, 6) is 1.79. The van der Waals surface area contributed by atoms with Gasteiger partial charge in [0.25, 0.3) is 0 Å². The second-order valence-electron chi connectivity index (χ2n) is 4.48. The van der Waals surface area contributed by atoms with Crippen molar-refractivity contribution in [3.8, 4) is 0 Å². The SMILES string of the molecule is CC(C)[C@@H]1CCN(C2COC2)C1. The Morgan fingerprint density at radius 3 is 2.50 bits per heavy atom. The van der Waals surface area contributed by atoms with E-state index in [1.807, 2.05) is 0 Å². The fourth-order valence-corrected chi connectivity index (χ4v) is 2.13. The van der Waals surface area contributed by atoms with Gasteiger partial charge in [0.2, 0.25) is 0 Å². The minimum Gasteiger partial charge on any atom is -0.378 e. The van der Waals surface area contributed by atoms with Gasteiger partial charge in [0.15, 0.2) is 0 Å². The Morgan fingerprint density at radius 1 is 1.33 bits per heavy atom. The van der Waals surface area contributed by atoms with Crippen LogP contribution < -0.4 is 0 Å². The topological polar surface area (TPSA) is 12.5 Å². The molecule has 2 aliphatic heterocycles. The molecule has 0 unspecified atom stereocenters. The highest BCUT2D eigenvalue weighted by Crippen LogP contribution is 2.26. The zero-order chi connectivity index (χ0) is 8.55. The summed E-state index contributed by atoms with van der Waals surface area (Å²) in [5.41, 5.74) is 0. The van der Waals surface area contributed by atoms with E-state index in [0.717, 1.165) is 31.1 Å². The highest BCUT2D eigenvalue weighted by atomic mass is 16.5. The molecule has 2 fully saturated rings. The van der Waals surface area contributed by atoms with Crippen LogP contribution in [0.4, 0.5) is 0 Å². The second kappa shape index (κ2) is 3.35. The molecule has 2 aliphatic rings. The predicted octanol–water partition coefficient (Wildman–Crippen LogP) is 1.36. The van der Waals surface area contributed by atoms with Gasteiger partial charge < -0.3 is 4.74 Å². The van der Waals surface area contributed by atoms with Crippen molar-refractivity contribution in [3.05, 3.63) is 0 Å². The summed E-state index contributed by atoms with van der Waals surface area (Å²) >= 11 is 0. The van der Waals surface area contributed by atoms with Gasteiger partial charge >= 0.3 is 0 Å². The lowest BCUT2D eigenvalue weighted by atomic mass is 9.95. The average Bonchev–Trinajstić information content (AvgIpc) is 2.32. The molecular weight excluding hydrogens is 150 g/mol. The summed E-state index contributed by atoms with van der Waals surface area (Å²) in [5, 5.41) is 0. The zero-order valence-corrected chi connectivity index (χ0v) is 8.12. The lowest BCUT2D eigenvalue weighted by Gasteiger charge is -2.34. The third kappa shape index (κ3) is 1.50. The Labute approximate surface area is 74.9 Å². The summed E-state index contributed by atoms with van der Waals surface area (Å²) in [4.78, 5) is 2.61. The molecule has 0 bridgehead atoms. The van der Waals surface area contributed by atoms with Gasteiger partial charge in [-0.05, 0) is 24.8 Å². The molecule has 0 aliphatic carbocycles. The minimum atomic E-state index is 0.758. The van der Waals surface area contributed by atoms with Crippen molar-refractivity contribution in [2.24, 2.45) is 11.8 Å². The third-order valence-corrected chi connectivity index (χ3v) is 3.34. The van der Waals surface area contributed by atoms with Crippen molar-refractivity contribution >= 4 is 0 Å². The van der Waals surface area contributed by atoms with E-state index in [0.29, 0.717) is 0 Å². The average molecular weight is 169 g/mol. The molecule has 2 heterocycles. The molecule has 0 aromatic rings. The molecule has 0 amide bonds. The fraction of sp³-hybridized carbons (Fsp3) is 1.00. The molecule has 0 aromatic carbocycles. The van der Waals surface area contributed by atoms with Crippen LogP contribution >= 0.6 is 0 Å². The predicted molar refractivity (Wildman–Crippen MR) is 49.1 cm³/mol. The van der Waals surface area contributed by atoms with Gasteiger partial charge in [-0.1, -0.05) is 13.8 Å². The first-order valence-corrected chi connectivity index (χ1v) is 5.09. The van der Waals surface area contributed by atoms with Crippen LogP contribution in [0.15, 0.2) is 0 Å². The van der Waals surface area contributed by atoms with Crippen LogP contribution in [-0.4, -0.2) is 37.2 Å². The zero-order valence-electron chi connectivity index (χ0n) is 8.12. The smallest absolute Gasteiger partial charge is 0.0645 e. The quantitative estimate of drug-likeness (QED) is 0.619. The van der Waals surface area contributed by atoms with Gasteiger partial charge in [0.1, 0.15) is 0 Å². The first-order valence-electron chi connectivity index (χ1n) is 5.09. The normalized spacial score (nSPS) is 32.8. The minimum absolute atomic E-state index is 0.758. The van der Waals surface area contributed by atoms with Gasteiger partial charge in [-0.3, -0.25) is 4.90 Å². The Balaban J connectivity index is 1.81. The molecule has 0 spiro atoms. The van der Waals surface area contributed by atoms with Crippen LogP contribution in [0, 0.1) is 11.8 Å². The number of ether oxygens (including phenoxy) is 1. The van der Waals surface area contributed by atoms with Crippen molar-refractivity contribution in [2.75, 3.05) is 26.3 Å². The van der Waals surface area contributed by atoms with Crippen LogP contribution in [-0.2, 0) is 4.74 Å². The Hall–Kier alpha value is -0.0800. The van der Waals surface area contributed by atoms with Crippen molar-refractivity contribution < 1.29 is 4.74 Å². The molecule has 2 saturated heterocycles. The van der Waals surface area contributed by atoms with Gasteiger partial charge in [-0.2, -0.15) is 0 Å². The second-order valence-corrected chi connectivity index (χ2v) is 4.48. The molecule has 12 heavy (non-hydrogen) atoms. The van der Waals surface area contributed by atoms with Crippen LogP contribution in [0.2, 0.25) is 0 Å². The number of hydrogen-bond acceptors (Lipinski definition) is 2. The Bertz CT molecular complexity index is 154. The number of nitrogens with zero attached hydrogens (tertiary/aromatic N) is 1. The van der Waals surface area contributed by atoms with E-state index in [1.54, 1.807) is 0 Å². The summed E-state index contributed by atoms with van der Waals surface area (Å²) in [7, 11) is 0. The number of rotatable bonds is 2. The molecule has 2 nitrogen and oxygen atoms in total. The van der Waals surface area contributed by atoms with E-state index >= 15 is 0 Å². The first-order chi connectivity index (χ1) is 5.77. The van der Waals surface area contributed by atoms with Crippen molar-refractivity contribution in [1.29, 1.82) is 0 Å². The molecule has 0 saturated carbocycles. The molecule has 2 rings (SSSR count). The third-order valence-electron chi connectivity index (χ3n) is 3.34. The lowest BCUT2D eigenvalue weighted by Crippen LogP contribution is -2.47. The highest BCUT2D eigenvalue weighted by Gasteiger charge is 2.32. The van der Waals surface area contributed by atoms with Crippen LogP contribution in [0.3, 0.4) is 0 Å². The maximum atomic E-state index is 5.20. The van der Waals surface area contributed by atoms with Crippen molar-refractivity contribution in [1.82, 2.24) is 4.90 Å². The molecule has 2 heteroatoms. The standard InChI is InChI=1S/C10H19NO/c1-8(2)9-3-4-11(5-9)10-6-12-7-10/h8-10H,3-7H2,1-2H3/t9-/m1/s1. The number of likely N-dealkylation sites (tertiary alicyclic amines) is 1. The first kappa shape index (κ1) is 8.52. The summed E-state index contributed by atoms with van der Waals surface area (Å²) in [6, 6.07) is 0.758. The molecular formula is C10H19NO. The van der Waals surface area contributed by atoms with E-state index in [-0.39, 0.29) is 0 Å². The summed E-state index contributed by atoms with van der Waals surface area (Å²) in [6.07, 6.45) is 1.40. The molecule has 0 N–H and O–H groups in total. The monoisotopic (exact) mass is 169 g/mol. The molecule has 70 valence electrons. The van der Waals surface area contributed by atoms with Crippen LogP contribution in [0.1, 0.15) is 20.3 Å². The Kier molecular flexibility index (Phi) is 2.37. The van der Waals surface area contributed by atoms with E-state index in [2.05, 4.69) is 18.7 Å². The van der Waals surface area contributed by atoms with Crippen molar-refractivity contribution in [2.45, 2.75) is 26.3 Å². The van der Waals surface area contributed by atoms with E-state index in [9.17, 15) is 0 Å². The molecule has 0 aromatic heterocycles. The van der Waals surface area contributed by atoms with Crippen LogP contribution in [0.25, 0.3) is 0 Å². The van der Waals surface area contributed by atoms with E-state index < -0.39 is 0 Å². The largest absolute Gasteiger partial charge is 0.378 e. The lowest BCUT2D eigenvalue weighted by molar-refractivity contribution is -0.0585. The van der Waals surface area contributed by atoms with Gasteiger partial charge in [0.05, 0.1) is 19.3 Å².